The van der Waals surface area contributed by atoms with E-state index in [1.807, 2.05) is 42.6 Å². The maximum atomic E-state index is 12.5. The molecule has 0 spiro atoms. The summed E-state index contributed by atoms with van der Waals surface area (Å²) in [6, 6.07) is 5.88. The Morgan fingerprint density at radius 1 is 1.30 bits per heavy atom. The van der Waals surface area contributed by atoms with Crippen molar-refractivity contribution in [3.8, 4) is 5.75 Å². The molecule has 0 bridgehead atoms. The number of aryl methyl sites for hydroxylation is 2. The summed E-state index contributed by atoms with van der Waals surface area (Å²) in [6.45, 7) is 10.4. The number of carbonyl (C=O) groups excluding carboxylic acids is 1. The van der Waals surface area contributed by atoms with Crippen LogP contribution in [0.5, 0.6) is 5.75 Å². The maximum Gasteiger partial charge on any atom is 0.248 e. The van der Waals surface area contributed by atoms with Crippen molar-refractivity contribution in [1.29, 1.82) is 0 Å². The molecule has 1 amide bonds. The Morgan fingerprint density at radius 3 is 2.70 bits per heavy atom. The molecule has 2 aromatic heterocycles. The van der Waals surface area contributed by atoms with Crippen molar-refractivity contribution in [3.05, 3.63) is 52.3 Å². The number of nitrogens with zero attached hydrogens (tertiary/aromatic N) is 2. The Kier molecular flexibility index (Phi) is 5.11. The summed E-state index contributed by atoms with van der Waals surface area (Å²) in [4.78, 5) is 19.2. The van der Waals surface area contributed by atoms with Gasteiger partial charge in [0.2, 0.25) is 5.91 Å². The fourth-order valence-electron chi connectivity index (χ4n) is 2.88. The number of rotatable bonds is 4. The van der Waals surface area contributed by atoms with Crippen molar-refractivity contribution in [3.63, 3.8) is 0 Å². The van der Waals surface area contributed by atoms with Crippen LogP contribution in [0.4, 0.5) is 5.69 Å². The molecule has 3 rings (SSSR count). The van der Waals surface area contributed by atoms with Crippen LogP contribution in [-0.2, 0) is 10.2 Å². The van der Waals surface area contributed by atoms with Gasteiger partial charge in [-0.25, -0.2) is 4.98 Å². The Hall–Kier alpha value is -2.60. The van der Waals surface area contributed by atoms with E-state index in [9.17, 15) is 4.79 Å². The van der Waals surface area contributed by atoms with E-state index in [1.165, 1.54) is 11.0 Å². The molecule has 0 unspecified atom stereocenters. The van der Waals surface area contributed by atoms with Crippen LogP contribution in [-0.4, -0.2) is 22.4 Å². The molecule has 0 aliphatic heterocycles. The van der Waals surface area contributed by atoms with Crippen molar-refractivity contribution in [2.24, 2.45) is 0 Å². The number of imidazole rings is 1. The van der Waals surface area contributed by atoms with E-state index >= 15 is 0 Å². The first-order valence-electron chi connectivity index (χ1n) is 8.81. The van der Waals surface area contributed by atoms with E-state index < -0.39 is 0 Å². The standard InChI is InChI=1S/C21H25N3O2S/c1-13-12-24-17(14(2)22-20(24)27-13)8-10-19(25)23-16-11-15(21(3,4)5)7-9-18(16)26-6/h7-12H,1-6H3,(H,23,25)/b10-8+. The second-order valence-electron chi connectivity index (χ2n) is 7.56. The monoisotopic (exact) mass is 383 g/mol. The van der Waals surface area contributed by atoms with Gasteiger partial charge in [0.05, 0.1) is 24.2 Å². The van der Waals surface area contributed by atoms with Gasteiger partial charge in [-0.1, -0.05) is 26.8 Å². The van der Waals surface area contributed by atoms with Crippen LogP contribution in [0.15, 0.2) is 30.5 Å². The zero-order valence-corrected chi connectivity index (χ0v) is 17.4. The normalized spacial score (nSPS) is 12.1. The zero-order valence-electron chi connectivity index (χ0n) is 16.6. The number of ether oxygens (including phenoxy) is 1. The molecular weight excluding hydrogens is 358 g/mol. The fourth-order valence-corrected chi connectivity index (χ4v) is 3.76. The van der Waals surface area contributed by atoms with Crippen molar-refractivity contribution in [2.45, 2.75) is 40.0 Å². The number of fused-ring (bicyclic) bond motifs is 1. The molecule has 0 aliphatic rings. The molecule has 0 radical (unpaired) electrons. The van der Waals surface area contributed by atoms with Gasteiger partial charge in [-0.3, -0.25) is 9.20 Å². The summed E-state index contributed by atoms with van der Waals surface area (Å²) in [7, 11) is 1.60. The lowest BCUT2D eigenvalue weighted by Gasteiger charge is -2.21. The second-order valence-corrected chi connectivity index (χ2v) is 8.78. The lowest BCUT2D eigenvalue weighted by Crippen LogP contribution is -2.14. The average molecular weight is 384 g/mol. The highest BCUT2D eigenvalue weighted by Gasteiger charge is 2.16. The van der Waals surface area contributed by atoms with Gasteiger partial charge < -0.3 is 10.1 Å². The minimum absolute atomic E-state index is 0.0152. The van der Waals surface area contributed by atoms with E-state index in [0.29, 0.717) is 11.4 Å². The summed E-state index contributed by atoms with van der Waals surface area (Å²) in [6.07, 6.45) is 5.37. The molecule has 142 valence electrons. The molecule has 0 atom stereocenters. The third-order valence-corrected chi connectivity index (χ3v) is 5.28. The molecule has 5 nitrogen and oxygen atoms in total. The highest BCUT2D eigenvalue weighted by molar-refractivity contribution is 7.17. The number of carbonyl (C=O) groups is 1. The summed E-state index contributed by atoms with van der Waals surface area (Å²) in [5.74, 6) is 0.432. The highest BCUT2D eigenvalue weighted by Crippen LogP contribution is 2.31. The minimum Gasteiger partial charge on any atom is -0.495 e. The first-order chi connectivity index (χ1) is 12.7. The number of hydrogen-bond acceptors (Lipinski definition) is 4. The first-order valence-corrected chi connectivity index (χ1v) is 9.63. The predicted octanol–water partition coefficient (Wildman–Crippen LogP) is 4.97. The predicted molar refractivity (Wildman–Crippen MR) is 112 cm³/mol. The molecule has 0 saturated heterocycles. The van der Waals surface area contributed by atoms with Crippen molar-refractivity contribution in [2.75, 3.05) is 12.4 Å². The number of anilines is 1. The van der Waals surface area contributed by atoms with E-state index in [1.54, 1.807) is 24.5 Å². The van der Waals surface area contributed by atoms with Crippen LogP contribution < -0.4 is 10.1 Å². The summed E-state index contributed by atoms with van der Waals surface area (Å²) < 4.78 is 7.41. The Balaban J connectivity index is 1.85. The molecule has 1 N–H and O–H groups in total. The highest BCUT2D eigenvalue weighted by atomic mass is 32.1. The first kappa shape index (κ1) is 19.2. The molecule has 0 saturated carbocycles. The SMILES string of the molecule is COc1ccc(C(C)(C)C)cc1NC(=O)/C=C/c1c(C)nc2sc(C)cn12. The number of nitrogens with one attached hydrogen (secondary N) is 1. The van der Waals surface area contributed by atoms with Gasteiger partial charge >= 0.3 is 0 Å². The van der Waals surface area contributed by atoms with Crippen molar-refractivity contribution in [1.82, 2.24) is 9.38 Å². The number of hydrogen-bond donors (Lipinski definition) is 1. The Morgan fingerprint density at radius 2 is 2.04 bits per heavy atom. The summed E-state index contributed by atoms with van der Waals surface area (Å²) in [5.41, 5.74) is 3.60. The van der Waals surface area contributed by atoms with Gasteiger partial charge in [0.1, 0.15) is 5.75 Å². The largest absolute Gasteiger partial charge is 0.495 e. The third kappa shape index (κ3) is 4.06. The Labute approximate surface area is 163 Å². The van der Waals surface area contributed by atoms with Gasteiger partial charge in [-0.2, -0.15) is 0 Å². The van der Waals surface area contributed by atoms with E-state index in [4.69, 9.17) is 4.74 Å². The third-order valence-electron chi connectivity index (χ3n) is 4.38. The molecule has 0 aliphatic carbocycles. The van der Waals surface area contributed by atoms with E-state index in [0.717, 1.165) is 21.9 Å². The topological polar surface area (TPSA) is 55.6 Å². The van der Waals surface area contributed by atoms with E-state index in [-0.39, 0.29) is 11.3 Å². The minimum atomic E-state index is -0.208. The molecule has 0 fully saturated rings. The Bertz CT molecular complexity index is 1020. The number of aromatic nitrogens is 2. The maximum absolute atomic E-state index is 12.5. The number of thiazole rings is 1. The van der Waals surface area contributed by atoms with Gasteiger partial charge in [-0.05, 0) is 43.0 Å². The van der Waals surface area contributed by atoms with Crippen LogP contribution in [0.3, 0.4) is 0 Å². The van der Waals surface area contributed by atoms with Crippen LogP contribution in [0, 0.1) is 13.8 Å². The fraction of sp³-hybridized carbons (Fsp3) is 0.333. The van der Waals surface area contributed by atoms with Gasteiger partial charge in [0.15, 0.2) is 4.96 Å². The van der Waals surface area contributed by atoms with Gasteiger partial charge in [0.25, 0.3) is 0 Å². The quantitative estimate of drug-likeness (QED) is 0.647. The van der Waals surface area contributed by atoms with Gasteiger partial charge in [0, 0.05) is 17.2 Å². The van der Waals surface area contributed by atoms with Gasteiger partial charge in [-0.15, -0.1) is 11.3 Å². The van der Waals surface area contributed by atoms with Crippen LogP contribution in [0.25, 0.3) is 11.0 Å². The smallest absolute Gasteiger partial charge is 0.248 e. The molecule has 27 heavy (non-hydrogen) atoms. The van der Waals surface area contributed by atoms with Crippen molar-refractivity contribution >= 4 is 34.0 Å². The average Bonchev–Trinajstić information content (AvgIpc) is 3.07. The second kappa shape index (κ2) is 7.19. The zero-order chi connectivity index (χ0) is 19.8. The molecule has 3 aromatic rings. The molecule has 2 heterocycles. The lowest BCUT2D eigenvalue weighted by molar-refractivity contribution is -0.111. The summed E-state index contributed by atoms with van der Waals surface area (Å²) in [5, 5.41) is 2.93. The summed E-state index contributed by atoms with van der Waals surface area (Å²) >= 11 is 1.63. The van der Waals surface area contributed by atoms with Crippen LogP contribution >= 0.6 is 11.3 Å². The lowest BCUT2D eigenvalue weighted by atomic mass is 9.87. The number of benzene rings is 1. The van der Waals surface area contributed by atoms with Crippen molar-refractivity contribution < 1.29 is 9.53 Å². The molecule has 6 heteroatoms. The molecule has 1 aromatic carbocycles. The number of methoxy groups -OCH3 is 1. The van der Waals surface area contributed by atoms with Crippen LogP contribution in [0.2, 0.25) is 0 Å². The van der Waals surface area contributed by atoms with Crippen LogP contribution in [0.1, 0.15) is 42.6 Å². The molecular formula is C21H25N3O2S. The van der Waals surface area contributed by atoms with E-state index in [2.05, 4.69) is 31.1 Å². The number of amides is 1.